The van der Waals surface area contributed by atoms with Gasteiger partial charge in [-0.3, -0.25) is 0 Å². The highest BCUT2D eigenvalue weighted by Crippen LogP contribution is 2.27. The number of fused-ring (bicyclic) bond motifs is 1. The van der Waals surface area contributed by atoms with Crippen molar-refractivity contribution in [2.45, 2.75) is 11.3 Å². The largest absolute Gasteiger partial charge is 0.285 e. The second-order valence-corrected chi connectivity index (χ2v) is 6.65. The van der Waals surface area contributed by atoms with Gasteiger partial charge in [0.1, 0.15) is 4.90 Å². The number of sulfonamides is 1. The van der Waals surface area contributed by atoms with Crippen molar-refractivity contribution in [2.75, 3.05) is 6.54 Å². The number of benzene rings is 2. The van der Waals surface area contributed by atoms with Gasteiger partial charge in [0, 0.05) is 5.56 Å². The van der Waals surface area contributed by atoms with Crippen molar-refractivity contribution >= 4 is 22.1 Å². The summed E-state index contributed by atoms with van der Waals surface area (Å²) < 4.78 is 28.2. The van der Waals surface area contributed by atoms with Crippen LogP contribution in [-0.4, -0.2) is 32.0 Å². The molecule has 0 aliphatic carbocycles. The quantitative estimate of drug-likeness (QED) is 0.633. The first kappa shape index (κ1) is 15.9. The SMILES string of the molecule is N#CCCN(N=Cc1ccccc1)C1=NS(=O)(=O)c2ccccc21. The maximum Gasteiger partial charge on any atom is 0.285 e. The molecule has 0 saturated heterocycles. The molecule has 7 heteroatoms. The molecule has 24 heavy (non-hydrogen) atoms. The fourth-order valence-electron chi connectivity index (χ4n) is 2.32. The van der Waals surface area contributed by atoms with Crippen molar-refractivity contribution in [1.82, 2.24) is 5.01 Å². The van der Waals surface area contributed by atoms with Crippen LogP contribution in [0.15, 0.2) is 69.0 Å². The third kappa shape index (κ3) is 3.19. The molecule has 0 N–H and O–H groups in total. The predicted molar refractivity (Wildman–Crippen MR) is 91.1 cm³/mol. The van der Waals surface area contributed by atoms with E-state index in [-0.39, 0.29) is 23.7 Å². The van der Waals surface area contributed by atoms with Gasteiger partial charge in [-0.1, -0.05) is 42.5 Å². The summed E-state index contributed by atoms with van der Waals surface area (Å²) in [4.78, 5) is 0.164. The lowest BCUT2D eigenvalue weighted by Gasteiger charge is -2.17. The van der Waals surface area contributed by atoms with Gasteiger partial charge in [0.05, 0.1) is 25.2 Å². The molecule has 0 fully saturated rings. The minimum atomic E-state index is -3.72. The van der Waals surface area contributed by atoms with E-state index in [1.165, 1.54) is 11.1 Å². The van der Waals surface area contributed by atoms with E-state index in [0.717, 1.165) is 5.56 Å². The van der Waals surface area contributed by atoms with Crippen LogP contribution in [0.1, 0.15) is 17.5 Å². The maximum atomic E-state index is 12.2. The first-order valence-corrected chi connectivity index (χ1v) is 8.74. The van der Waals surface area contributed by atoms with Gasteiger partial charge in [-0.15, -0.1) is 4.40 Å². The monoisotopic (exact) mass is 338 g/mol. The minimum absolute atomic E-state index is 0.164. The highest BCUT2D eigenvalue weighted by molar-refractivity contribution is 7.90. The number of hydrazone groups is 1. The summed E-state index contributed by atoms with van der Waals surface area (Å²) in [6.45, 7) is 0.253. The van der Waals surface area contributed by atoms with Gasteiger partial charge in [-0.05, 0) is 17.7 Å². The zero-order valence-corrected chi connectivity index (χ0v) is 13.5. The van der Waals surface area contributed by atoms with E-state index in [0.29, 0.717) is 5.56 Å². The Morgan fingerprint density at radius 3 is 2.58 bits per heavy atom. The van der Waals surface area contributed by atoms with E-state index < -0.39 is 10.0 Å². The molecule has 0 unspecified atom stereocenters. The molecule has 3 rings (SSSR count). The van der Waals surface area contributed by atoms with Gasteiger partial charge in [0.15, 0.2) is 5.84 Å². The van der Waals surface area contributed by atoms with Crippen molar-refractivity contribution in [2.24, 2.45) is 9.50 Å². The van der Waals surface area contributed by atoms with Crippen molar-refractivity contribution in [3.63, 3.8) is 0 Å². The molecular formula is C17H14N4O2S. The van der Waals surface area contributed by atoms with E-state index in [1.54, 1.807) is 24.4 Å². The Morgan fingerprint density at radius 2 is 1.83 bits per heavy atom. The Balaban J connectivity index is 1.98. The molecule has 120 valence electrons. The topological polar surface area (TPSA) is 85.9 Å². The zero-order valence-electron chi connectivity index (χ0n) is 12.7. The van der Waals surface area contributed by atoms with E-state index in [1.807, 2.05) is 36.4 Å². The second-order valence-electron chi connectivity index (χ2n) is 5.07. The molecule has 0 bridgehead atoms. The van der Waals surface area contributed by atoms with Gasteiger partial charge in [0.2, 0.25) is 0 Å². The van der Waals surface area contributed by atoms with Gasteiger partial charge < -0.3 is 0 Å². The van der Waals surface area contributed by atoms with E-state index in [4.69, 9.17) is 5.26 Å². The fraction of sp³-hybridized carbons (Fsp3) is 0.118. The van der Waals surface area contributed by atoms with Crippen LogP contribution in [0, 0.1) is 11.3 Å². The molecule has 0 spiro atoms. The van der Waals surface area contributed by atoms with E-state index in [2.05, 4.69) is 9.50 Å². The zero-order chi connectivity index (χ0) is 17.0. The summed E-state index contributed by atoms with van der Waals surface area (Å²) >= 11 is 0. The molecule has 0 saturated carbocycles. The standard InChI is InChI=1S/C17H14N4O2S/c18-11-6-12-21(19-13-14-7-2-1-3-8-14)17-15-9-4-5-10-16(15)24(22,23)20-17/h1-5,7-10,13H,6,12H2. The summed E-state index contributed by atoms with van der Waals surface area (Å²) in [7, 11) is -3.72. The molecule has 2 aromatic rings. The molecule has 1 heterocycles. The molecule has 6 nitrogen and oxygen atoms in total. The van der Waals surface area contributed by atoms with Gasteiger partial charge in [-0.25, -0.2) is 5.01 Å². The molecule has 0 radical (unpaired) electrons. The smallest absolute Gasteiger partial charge is 0.246 e. The van der Waals surface area contributed by atoms with E-state index >= 15 is 0 Å². The second kappa shape index (κ2) is 6.64. The minimum Gasteiger partial charge on any atom is -0.246 e. The van der Waals surface area contributed by atoms with Crippen molar-refractivity contribution in [1.29, 1.82) is 5.26 Å². The Bertz CT molecular complexity index is 944. The third-order valence-corrected chi connectivity index (χ3v) is 4.76. The summed E-state index contributed by atoms with van der Waals surface area (Å²) in [6, 6.07) is 18.1. The first-order valence-electron chi connectivity index (χ1n) is 7.30. The number of amidine groups is 1. The molecular weight excluding hydrogens is 324 g/mol. The van der Waals surface area contributed by atoms with Gasteiger partial charge >= 0.3 is 0 Å². The Hall–Kier alpha value is -2.98. The molecule has 1 aliphatic rings. The average Bonchev–Trinajstić information content (AvgIpc) is 2.88. The molecule has 0 atom stereocenters. The molecule has 0 aromatic heterocycles. The Morgan fingerprint density at radius 1 is 1.12 bits per heavy atom. The van der Waals surface area contributed by atoms with Crippen molar-refractivity contribution < 1.29 is 8.42 Å². The molecule has 2 aromatic carbocycles. The lowest BCUT2D eigenvalue weighted by molar-refractivity contribution is 0.459. The van der Waals surface area contributed by atoms with Crippen LogP contribution < -0.4 is 0 Å². The summed E-state index contributed by atoms with van der Waals surface area (Å²) in [5.74, 6) is 0.244. The number of rotatable bonds is 4. The van der Waals surface area contributed by atoms with Gasteiger partial charge in [0.25, 0.3) is 10.0 Å². The average molecular weight is 338 g/mol. The van der Waals surface area contributed by atoms with E-state index in [9.17, 15) is 8.42 Å². The lowest BCUT2D eigenvalue weighted by atomic mass is 10.2. The highest BCUT2D eigenvalue weighted by Gasteiger charge is 2.31. The summed E-state index contributed by atoms with van der Waals surface area (Å²) in [6.07, 6.45) is 1.82. The predicted octanol–water partition coefficient (Wildman–Crippen LogP) is 2.39. The summed E-state index contributed by atoms with van der Waals surface area (Å²) in [5, 5.41) is 14.7. The fourth-order valence-corrected chi connectivity index (χ4v) is 3.53. The van der Waals surface area contributed by atoms with Crippen molar-refractivity contribution in [3.8, 4) is 6.07 Å². The number of nitrogens with zero attached hydrogens (tertiary/aromatic N) is 4. The van der Waals surface area contributed by atoms with Crippen molar-refractivity contribution in [3.05, 3.63) is 65.7 Å². The number of hydrogen-bond acceptors (Lipinski definition) is 5. The van der Waals surface area contributed by atoms with Crippen LogP contribution in [0.25, 0.3) is 0 Å². The van der Waals surface area contributed by atoms with Crippen LogP contribution in [-0.2, 0) is 10.0 Å². The Labute approximate surface area is 140 Å². The normalized spacial score (nSPS) is 14.9. The maximum absolute atomic E-state index is 12.2. The van der Waals surface area contributed by atoms with Gasteiger partial charge in [-0.2, -0.15) is 18.8 Å². The molecule has 1 aliphatic heterocycles. The number of hydrogen-bond donors (Lipinski definition) is 0. The van der Waals surface area contributed by atoms with Crippen LogP contribution >= 0.6 is 0 Å². The van der Waals surface area contributed by atoms with Crippen LogP contribution in [0.4, 0.5) is 0 Å². The lowest BCUT2D eigenvalue weighted by Crippen LogP contribution is -2.27. The van der Waals surface area contributed by atoms with Crippen LogP contribution in [0.2, 0.25) is 0 Å². The van der Waals surface area contributed by atoms with Crippen LogP contribution in [0.3, 0.4) is 0 Å². The third-order valence-electron chi connectivity index (χ3n) is 3.44. The summed E-state index contributed by atoms with van der Waals surface area (Å²) in [5.41, 5.74) is 1.37. The van der Waals surface area contributed by atoms with Crippen LogP contribution in [0.5, 0.6) is 0 Å². The Kier molecular flexibility index (Phi) is 4.40. The first-order chi connectivity index (χ1) is 11.6. The molecule has 0 amide bonds. The highest BCUT2D eigenvalue weighted by atomic mass is 32.2. The number of nitriles is 1.